The summed E-state index contributed by atoms with van der Waals surface area (Å²) in [5, 5.41) is 0.461. The Morgan fingerprint density at radius 2 is 2.09 bits per heavy atom. The monoisotopic (exact) mass is 357 g/mol. The summed E-state index contributed by atoms with van der Waals surface area (Å²) in [6, 6.07) is 3.77. The van der Waals surface area contributed by atoms with Crippen LogP contribution in [-0.2, 0) is 0 Å². The maximum Gasteiger partial charge on any atom is 0.316 e. The number of amides is 1. The maximum atomic E-state index is 12.4. The van der Waals surface area contributed by atoms with E-state index in [0.717, 1.165) is 19.4 Å². The minimum Gasteiger partial charge on any atom is -0.458 e. The van der Waals surface area contributed by atoms with Gasteiger partial charge >= 0.3 is 6.01 Å². The molecule has 0 bridgehead atoms. The molecular weight excluding hydrogens is 345 g/mol. The van der Waals surface area contributed by atoms with Gasteiger partial charge in [-0.3, -0.25) is 4.79 Å². The standard InChI is InChI=1S/C14H13Cl2N3O2S/c15-9-6-17-14(18-7-9)21-10-2-1-5-19(8-10)13(20)11-3-4-12(16)22-11/h3-4,6-7,10H,1-2,5,8H2. The van der Waals surface area contributed by atoms with Crippen LogP contribution < -0.4 is 4.74 Å². The lowest BCUT2D eigenvalue weighted by atomic mass is 10.1. The summed E-state index contributed by atoms with van der Waals surface area (Å²) in [7, 11) is 0. The van der Waals surface area contributed by atoms with Crippen molar-refractivity contribution in [1.82, 2.24) is 14.9 Å². The van der Waals surface area contributed by atoms with Gasteiger partial charge in [0.25, 0.3) is 5.91 Å². The van der Waals surface area contributed by atoms with E-state index in [9.17, 15) is 4.79 Å². The highest BCUT2D eigenvalue weighted by Crippen LogP contribution is 2.24. The predicted molar refractivity (Wildman–Crippen MR) is 85.9 cm³/mol. The van der Waals surface area contributed by atoms with Gasteiger partial charge in [0.1, 0.15) is 6.10 Å². The number of hydrogen-bond donors (Lipinski definition) is 0. The lowest BCUT2D eigenvalue weighted by Gasteiger charge is -2.32. The molecule has 22 heavy (non-hydrogen) atoms. The summed E-state index contributed by atoms with van der Waals surface area (Å²) in [5.74, 6) is -0.0118. The zero-order chi connectivity index (χ0) is 15.5. The first-order valence-corrected chi connectivity index (χ1v) is 8.38. The summed E-state index contributed by atoms with van der Waals surface area (Å²) in [4.78, 5) is 22.9. The average Bonchev–Trinajstić information content (AvgIpc) is 2.96. The van der Waals surface area contributed by atoms with Gasteiger partial charge in [-0.15, -0.1) is 11.3 Å². The summed E-state index contributed by atoms with van der Waals surface area (Å²) in [6.07, 6.45) is 4.60. The van der Waals surface area contributed by atoms with Gasteiger partial charge in [-0.1, -0.05) is 23.2 Å². The number of rotatable bonds is 3. The molecule has 1 saturated heterocycles. The van der Waals surface area contributed by atoms with Crippen molar-refractivity contribution in [1.29, 1.82) is 0 Å². The Labute approximate surface area is 141 Å². The van der Waals surface area contributed by atoms with E-state index in [0.29, 0.717) is 20.8 Å². The maximum absolute atomic E-state index is 12.4. The highest BCUT2D eigenvalue weighted by Gasteiger charge is 2.27. The Balaban J connectivity index is 1.63. The number of nitrogens with zero attached hydrogens (tertiary/aromatic N) is 3. The molecule has 2 aromatic heterocycles. The van der Waals surface area contributed by atoms with Crippen LogP contribution in [-0.4, -0.2) is 40.0 Å². The number of aromatic nitrogens is 2. The summed E-state index contributed by atoms with van der Waals surface area (Å²) >= 11 is 12.9. The third kappa shape index (κ3) is 3.69. The van der Waals surface area contributed by atoms with Gasteiger partial charge in [-0.05, 0) is 25.0 Å². The van der Waals surface area contributed by atoms with Crippen molar-refractivity contribution in [3.63, 3.8) is 0 Å². The molecule has 0 saturated carbocycles. The van der Waals surface area contributed by atoms with E-state index in [-0.39, 0.29) is 18.0 Å². The first kappa shape index (κ1) is 15.5. The van der Waals surface area contributed by atoms with Crippen LogP contribution in [0.25, 0.3) is 0 Å². The molecule has 0 radical (unpaired) electrons. The van der Waals surface area contributed by atoms with Gasteiger partial charge in [0, 0.05) is 6.54 Å². The van der Waals surface area contributed by atoms with Crippen molar-refractivity contribution in [2.45, 2.75) is 18.9 Å². The molecule has 3 heterocycles. The molecule has 1 aliphatic rings. The topological polar surface area (TPSA) is 55.3 Å². The third-order valence-corrected chi connectivity index (χ3v) is 4.73. The normalized spacial score (nSPS) is 18.3. The van der Waals surface area contributed by atoms with Gasteiger partial charge in [0.15, 0.2) is 0 Å². The van der Waals surface area contributed by atoms with Gasteiger partial charge in [-0.25, -0.2) is 9.97 Å². The number of carbonyl (C=O) groups is 1. The van der Waals surface area contributed by atoms with Crippen molar-refractivity contribution in [3.05, 3.63) is 38.8 Å². The van der Waals surface area contributed by atoms with Gasteiger partial charge < -0.3 is 9.64 Å². The number of ether oxygens (including phenoxy) is 1. The van der Waals surface area contributed by atoms with E-state index in [4.69, 9.17) is 27.9 Å². The van der Waals surface area contributed by atoms with Crippen LogP contribution in [0, 0.1) is 0 Å². The van der Waals surface area contributed by atoms with E-state index in [2.05, 4.69) is 9.97 Å². The molecular formula is C14H13Cl2N3O2S. The van der Waals surface area contributed by atoms with Crippen LogP contribution in [0.2, 0.25) is 9.36 Å². The molecule has 5 nitrogen and oxygen atoms in total. The number of hydrogen-bond acceptors (Lipinski definition) is 5. The molecule has 1 aliphatic heterocycles. The number of carbonyl (C=O) groups excluding carboxylic acids is 1. The number of piperidine rings is 1. The second-order valence-corrected chi connectivity index (χ2v) is 7.07. The molecule has 2 aromatic rings. The van der Waals surface area contributed by atoms with Crippen molar-refractivity contribution in [3.8, 4) is 6.01 Å². The summed E-state index contributed by atoms with van der Waals surface area (Å²) < 4.78 is 6.35. The summed E-state index contributed by atoms with van der Waals surface area (Å²) in [6.45, 7) is 1.23. The van der Waals surface area contributed by atoms with Gasteiger partial charge in [0.2, 0.25) is 0 Å². The Kier molecular flexibility index (Phi) is 4.81. The second kappa shape index (κ2) is 6.81. The van der Waals surface area contributed by atoms with Crippen LogP contribution in [0.5, 0.6) is 6.01 Å². The highest BCUT2D eigenvalue weighted by molar-refractivity contribution is 7.17. The SMILES string of the molecule is O=C(c1ccc(Cl)s1)N1CCCC(Oc2ncc(Cl)cn2)C1. The Hall–Kier alpha value is -1.37. The first-order chi connectivity index (χ1) is 10.6. The average molecular weight is 358 g/mol. The minimum atomic E-state index is -0.116. The molecule has 1 amide bonds. The predicted octanol–water partition coefficient (Wildman–Crippen LogP) is 3.53. The number of likely N-dealkylation sites (tertiary alicyclic amines) is 1. The van der Waals surface area contributed by atoms with Crippen LogP contribution >= 0.6 is 34.5 Å². The molecule has 0 N–H and O–H groups in total. The Morgan fingerprint density at radius 1 is 1.32 bits per heavy atom. The van der Waals surface area contributed by atoms with E-state index >= 15 is 0 Å². The molecule has 1 fully saturated rings. The van der Waals surface area contributed by atoms with Crippen molar-refractivity contribution < 1.29 is 9.53 Å². The van der Waals surface area contributed by atoms with Crippen LogP contribution in [0.15, 0.2) is 24.5 Å². The second-order valence-electron chi connectivity index (χ2n) is 4.92. The molecule has 3 rings (SSSR count). The lowest BCUT2D eigenvalue weighted by molar-refractivity contribution is 0.0520. The van der Waals surface area contributed by atoms with E-state index in [1.54, 1.807) is 17.0 Å². The van der Waals surface area contributed by atoms with Crippen molar-refractivity contribution in [2.24, 2.45) is 0 Å². The van der Waals surface area contributed by atoms with Gasteiger partial charge in [0.05, 0.1) is 33.2 Å². The number of thiophene rings is 1. The fraction of sp³-hybridized carbons (Fsp3) is 0.357. The Bertz CT molecular complexity index is 662. The largest absolute Gasteiger partial charge is 0.458 e. The molecule has 1 unspecified atom stereocenters. The quantitative estimate of drug-likeness (QED) is 0.842. The fourth-order valence-electron chi connectivity index (χ4n) is 2.31. The summed E-state index contributed by atoms with van der Waals surface area (Å²) in [5.41, 5.74) is 0. The van der Waals surface area contributed by atoms with Crippen LogP contribution in [0.1, 0.15) is 22.5 Å². The zero-order valence-corrected chi connectivity index (χ0v) is 13.9. The van der Waals surface area contributed by atoms with E-state index in [1.165, 1.54) is 23.7 Å². The molecule has 0 aromatic carbocycles. The van der Waals surface area contributed by atoms with E-state index < -0.39 is 0 Å². The zero-order valence-electron chi connectivity index (χ0n) is 11.5. The smallest absolute Gasteiger partial charge is 0.316 e. The van der Waals surface area contributed by atoms with Crippen molar-refractivity contribution in [2.75, 3.05) is 13.1 Å². The minimum absolute atomic E-state index is 0.0118. The van der Waals surface area contributed by atoms with Gasteiger partial charge in [-0.2, -0.15) is 0 Å². The van der Waals surface area contributed by atoms with Crippen molar-refractivity contribution >= 4 is 40.4 Å². The molecule has 116 valence electrons. The number of halogens is 2. The van der Waals surface area contributed by atoms with Crippen LogP contribution in [0.3, 0.4) is 0 Å². The molecule has 1 atom stereocenters. The highest BCUT2D eigenvalue weighted by atomic mass is 35.5. The van der Waals surface area contributed by atoms with E-state index in [1.807, 2.05) is 0 Å². The molecule has 0 aliphatic carbocycles. The first-order valence-electron chi connectivity index (χ1n) is 6.80. The molecule has 0 spiro atoms. The third-order valence-electron chi connectivity index (χ3n) is 3.32. The van der Waals surface area contributed by atoms with Crippen LogP contribution in [0.4, 0.5) is 0 Å². The molecule has 8 heteroatoms. The fourth-order valence-corrected chi connectivity index (χ4v) is 3.42. The Morgan fingerprint density at radius 3 is 2.77 bits per heavy atom. The lowest BCUT2D eigenvalue weighted by Crippen LogP contribution is -2.44.